The molecule has 0 spiro atoms. The molecule has 0 unspecified atom stereocenters. The van der Waals surface area contributed by atoms with E-state index < -0.39 is 20.3 Å². The summed E-state index contributed by atoms with van der Waals surface area (Å²) in [7, 11) is -2.69. The van der Waals surface area contributed by atoms with Gasteiger partial charge in [0, 0.05) is 6.04 Å². The van der Waals surface area contributed by atoms with Crippen molar-refractivity contribution in [3.63, 3.8) is 0 Å². The molecule has 0 aliphatic heterocycles. The van der Waals surface area contributed by atoms with Crippen LogP contribution in [0.3, 0.4) is 0 Å². The zero-order chi connectivity index (χ0) is 9.83. The summed E-state index contributed by atoms with van der Waals surface area (Å²) < 4.78 is 36.0. The maximum absolute atomic E-state index is 12.0. The third-order valence-corrected chi connectivity index (χ3v) is 4.94. The molecular formula is C8H11F3Si. The molecule has 0 aliphatic carbocycles. The largest absolute Gasteiger partial charge is 0.387 e. The lowest BCUT2D eigenvalue weighted by Gasteiger charge is -2.20. The summed E-state index contributed by atoms with van der Waals surface area (Å²) in [6.07, 6.45) is -4.16. The molecule has 0 nitrogen and oxygen atoms in total. The molecule has 0 aromatic carbocycles. The molecule has 0 aromatic heterocycles. The maximum Gasteiger partial charge on any atom is 0.387 e. The van der Waals surface area contributed by atoms with E-state index >= 15 is 0 Å². The molecular weight excluding hydrogens is 181 g/mol. The van der Waals surface area contributed by atoms with Gasteiger partial charge in [-0.05, 0) is 0 Å². The van der Waals surface area contributed by atoms with Crippen molar-refractivity contribution in [3.8, 4) is 0 Å². The molecule has 0 N–H and O–H groups in total. The van der Waals surface area contributed by atoms with Crippen LogP contribution in [-0.4, -0.2) is 14.3 Å². The van der Waals surface area contributed by atoms with Crippen LogP contribution in [0.1, 0.15) is 0 Å². The number of alkyl halides is 3. The Kier molecular flexibility index (Phi) is 3.51. The van der Waals surface area contributed by atoms with Crippen LogP contribution in [0.4, 0.5) is 13.2 Å². The van der Waals surface area contributed by atoms with Gasteiger partial charge >= 0.3 is 6.18 Å². The highest BCUT2D eigenvalue weighted by Gasteiger charge is 2.38. The van der Waals surface area contributed by atoms with Gasteiger partial charge in [-0.3, -0.25) is 0 Å². The van der Waals surface area contributed by atoms with Crippen LogP contribution in [-0.2, 0) is 0 Å². The van der Waals surface area contributed by atoms with E-state index in [0.717, 1.165) is 0 Å². The highest BCUT2D eigenvalue weighted by molar-refractivity contribution is 6.93. The SMILES string of the molecule is C=C[Si](C=C)(C=C)CC(F)(F)F. The lowest BCUT2D eigenvalue weighted by molar-refractivity contribution is -0.110. The smallest absolute Gasteiger partial charge is 0.171 e. The van der Waals surface area contributed by atoms with E-state index in [1.165, 1.54) is 17.1 Å². The van der Waals surface area contributed by atoms with Crippen LogP contribution in [0.25, 0.3) is 0 Å². The van der Waals surface area contributed by atoms with Crippen molar-refractivity contribution < 1.29 is 13.2 Å². The molecule has 0 saturated heterocycles. The fourth-order valence-electron chi connectivity index (χ4n) is 0.814. The number of rotatable bonds is 4. The summed E-state index contributed by atoms with van der Waals surface area (Å²) in [4.78, 5) is 0. The molecule has 4 heteroatoms. The lowest BCUT2D eigenvalue weighted by atomic mass is 10.8. The molecule has 0 heterocycles. The number of hydrogen-bond acceptors (Lipinski definition) is 0. The highest BCUT2D eigenvalue weighted by atomic mass is 28.3. The van der Waals surface area contributed by atoms with Crippen molar-refractivity contribution in [2.75, 3.05) is 0 Å². The van der Waals surface area contributed by atoms with Gasteiger partial charge in [0.1, 0.15) is 8.07 Å². The van der Waals surface area contributed by atoms with Gasteiger partial charge in [-0.2, -0.15) is 13.2 Å². The van der Waals surface area contributed by atoms with Crippen LogP contribution in [0.15, 0.2) is 36.8 Å². The fraction of sp³-hybridized carbons (Fsp3) is 0.250. The number of hydrogen-bond donors (Lipinski definition) is 0. The molecule has 0 bridgehead atoms. The molecule has 0 atom stereocenters. The Morgan fingerprint density at radius 2 is 1.33 bits per heavy atom. The lowest BCUT2D eigenvalue weighted by Crippen LogP contribution is -2.33. The van der Waals surface area contributed by atoms with Crippen LogP contribution in [0.5, 0.6) is 0 Å². The molecule has 0 radical (unpaired) electrons. The molecule has 0 saturated carbocycles. The van der Waals surface area contributed by atoms with Crippen LogP contribution < -0.4 is 0 Å². The van der Waals surface area contributed by atoms with Gasteiger partial charge in [-0.25, -0.2) is 0 Å². The predicted molar refractivity (Wildman–Crippen MR) is 47.2 cm³/mol. The minimum Gasteiger partial charge on any atom is -0.171 e. The van der Waals surface area contributed by atoms with Crippen LogP contribution >= 0.6 is 0 Å². The average Bonchev–Trinajstić information content (AvgIpc) is 1.99. The van der Waals surface area contributed by atoms with Crippen molar-refractivity contribution in [2.24, 2.45) is 0 Å². The second kappa shape index (κ2) is 3.76. The van der Waals surface area contributed by atoms with Crippen molar-refractivity contribution in [1.82, 2.24) is 0 Å². The summed E-state index contributed by atoms with van der Waals surface area (Å²) in [5.74, 6) is 0. The number of halogens is 3. The first-order chi connectivity index (χ1) is 5.39. The first kappa shape index (κ1) is 11.2. The van der Waals surface area contributed by atoms with Gasteiger partial charge in [0.15, 0.2) is 0 Å². The topological polar surface area (TPSA) is 0 Å². The third-order valence-electron chi connectivity index (χ3n) is 1.65. The average molecular weight is 192 g/mol. The van der Waals surface area contributed by atoms with Gasteiger partial charge in [0.2, 0.25) is 0 Å². The Morgan fingerprint density at radius 1 is 1.00 bits per heavy atom. The summed E-state index contributed by atoms with van der Waals surface area (Å²) in [5, 5.41) is 0. The van der Waals surface area contributed by atoms with E-state index in [1.54, 1.807) is 0 Å². The van der Waals surface area contributed by atoms with Crippen LogP contribution in [0.2, 0.25) is 6.04 Å². The fourth-order valence-corrected chi connectivity index (χ4v) is 2.44. The van der Waals surface area contributed by atoms with Gasteiger partial charge < -0.3 is 0 Å². The highest BCUT2D eigenvalue weighted by Crippen LogP contribution is 2.29. The normalized spacial score (nSPS) is 12.2. The molecule has 68 valence electrons. The van der Waals surface area contributed by atoms with Crippen molar-refractivity contribution in [2.45, 2.75) is 12.2 Å². The standard InChI is InChI=1S/C8H11F3Si/c1-4-12(5-2,6-3)7-8(9,10)11/h4-6H,1-3,7H2. The second-order valence-electron chi connectivity index (χ2n) is 2.52. The maximum atomic E-state index is 12.0. The summed E-state index contributed by atoms with van der Waals surface area (Å²) >= 11 is 0. The molecule has 0 fully saturated rings. The first-order valence-electron chi connectivity index (χ1n) is 3.36. The molecule has 0 aromatic rings. The van der Waals surface area contributed by atoms with Crippen LogP contribution in [0, 0.1) is 0 Å². The Balaban J connectivity index is 4.63. The van der Waals surface area contributed by atoms with Crippen molar-refractivity contribution >= 4 is 8.07 Å². The van der Waals surface area contributed by atoms with E-state index in [-0.39, 0.29) is 0 Å². The monoisotopic (exact) mass is 192 g/mol. The van der Waals surface area contributed by atoms with E-state index in [9.17, 15) is 13.2 Å². The van der Waals surface area contributed by atoms with E-state index in [1.807, 2.05) is 0 Å². The zero-order valence-corrected chi connectivity index (χ0v) is 7.69. The van der Waals surface area contributed by atoms with Gasteiger partial charge in [0.05, 0.1) is 0 Å². The van der Waals surface area contributed by atoms with Gasteiger partial charge in [-0.15, -0.1) is 19.7 Å². The Morgan fingerprint density at radius 3 is 1.42 bits per heavy atom. The predicted octanol–water partition coefficient (Wildman–Crippen LogP) is 3.17. The van der Waals surface area contributed by atoms with E-state index in [4.69, 9.17) is 0 Å². The minimum absolute atomic E-state index is 0.851. The summed E-state index contributed by atoms with van der Waals surface area (Å²) in [6.45, 7) is 10.1. The quantitative estimate of drug-likeness (QED) is 0.600. The first-order valence-corrected chi connectivity index (χ1v) is 5.80. The van der Waals surface area contributed by atoms with Gasteiger partial charge in [0.25, 0.3) is 0 Å². The zero-order valence-electron chi connectivity index (χ0n) is 6.69. The molecule has 12 heavy (non-hydrogen) atoms. The molecule has 0 amide bonds. The second-order valence-corrected chi connectivity index (χ2v) is 6.32. The minimum atomic E-state index is -4.16. The summed E-state index contributed by atoms with van der Waals surface area (Å²) in [6, 6.07) is -0.851. The van der Waals surface area contributed by atoms with Gasteiger partial charge in [-0.1, -0.05) is 17.1 Å². The third kappa shape index (κ3) is 3.09. The van der Waals surface area contributed by atoms with Crippen molar-refractivity contribution in [3.05, 3.63) is 36.8 Å². The molecule has 0 rings (SSSR count). The van der Waals surface area contributed by atoms with E-state index in [0.29, 0.717) is 0 Å². The Labute approximate surface area is 71.1 Å². The Hall–Kier alpha value is -0.773. The summed E-state index contributed by atoms with van der Waals surface area (Å²) in [5.41, 5.74) is 4.00. The molecule has 0 aliphatic rings. The van der Waals surface area contributed by atoms with Crippen molar-refractivity contribution in [1.29, 1.82) is 0 Å². The van der Waals surface area contributed by atoms with E-state index in [2.05, 4.69) is 19.7 Å². The Bertz CT molecular complexity index is 171.